The van der Waals surface area contributed by atoms with Crippen LogP contribution < -0.4 is 0 Å². The SMILES string of the molecule is CC1CC(C(=O)O)CN(S(=O)(=O)c2cc(C(F)(F)F)ccc2O)C1. The normalized spacial score (nSPS) is 23.2. The number of rotatable bonds is 3. The van der Waals surface area contributed by atoms with Gasteiger partial charge in [-0.05, 0) is 30.5 Å². The van der Waals surface area contributed by atoms with E-state index < -0.39 is 44.3 Å². The van der Waals surface area contributed by atoms with Crippen molar-refractivity contribution in [3.05, 3.63) is 23.8 Å². The van der Waals surface area contributed by atoms with Gasteiger partial charge in [0.05, 0.1) is 11.5 Å². The van der Waals surface area contributed by atoms with E-state index in [9.17, 15) is 31.5 Å². The summed E-state index contributed by atoms with van der Waals surface area (Å²) in [4.78, 5) is 10.3. The molecule has 2 atom stereocenters. The number of nitrogens with zero attached hydrogens (tertiary/aromatic N) is 1. The maximum absolute atomic E-state index is 12.8. The van der Waals surface area contributed by atoms with Crippen LogP contribution in [0.4, 0.5) is 13.2 Å². The number of carboxylic acid groups (broad SMARTS) is 1. The van der Waals surface area contributed by atoms with E-state index in [-0.39, 0.29) is 25.4 Å². The summed E-state index contributed by atoms with van der Waals surface area (Å²) in [5, 5.41) is 18.8. The summed E-state index contributed by atoms with van der Waals surface area (Å²) in [6.45, 7) is 1.28. The van der Waals surface area contributed by atoms with E-state index >= 15 is 0 Å². The van der Waals surface area contributed by atoms with Gasteiger partial charge >= 0.3 is 12.1 Å². The average Bonchev–Trinajstić information content (AvgIpc) is 2.45. The number of sulfonamides is 1. The molecular weight excluding hydrogens is 351 g/mol. The predicted octanol–water partition coefficient (Wildman–Crippen LogP) is 2.14. The van der Waals surface area contributed by atoms with Crippen LogP contribution >= 0.6 is 0 Å². The number of aromatic hydroxyl groups is 1. The number of carbonyl (C=O) groups is 1. The summed E-state index contributed by atoms with van der Waals surface area (Å²) in [5.74, 6) is -3.21. The molecule has 6 nitrogen and oxygen atoms in total. The van der Waals surface area contributed by atoms with Gasteiger partial charge in [0.15, 0.2) is 0 Å². The molecule has 1 fully saturated rings. The number of benzene rings is 1. The van der Waals surface area contributed by atoms with E-state index in [1.54, 1.807) is 6.92 Å². The topological polar surface area (TPSA) is 94.9 Å². The van der Waals surface area contributed by atoms with E-state index in [2.05, 4.69) is 0 Å². The smallest absolute Gasteiger partial charge is 0.416 e. The summed E-state index contributed by atoms with van der Waals surface area (Å²) < 4.78 is 64.4. The van der Waals surface area contributed by atoms with Crippen LogP contribution in [0.3, 0.4) is 0 Å². The highest BCUT2D eigenvalue weighted by Crippen LogP contribution is 2.36. The summed E-state index contributed by atoms with van der Waals surface area (Å²) in [5.41, 5.74) is -1.21. The molecule has 1 aliphatic heterocycles. The van der Waals surface area contributed by atoms with Crippen molar-refractivity contribution in [3.63, 3.8) is 0 Å². The molecule has 0 saturated carbocycles. The fraction of sp³-hybridized carbons (Fsp3) is 0.500. The predicted molar refractivity (Wildman–Crippen MR) is 76.8 cm³/mol. The van der Waals surface area contributed by atoms with Crippen LogP contribution in [0.25, 0.3) is 0 Å². The second-order valence-corrected chi connectivity index (χ2v) is 7.78. The van der Waals surface area contributed by atoms with E-state index in [4.69, 9.17) is 5.11 Å². The number of phenolic OH excluding ortho intramolecular Hbond substituents is 1. The Labute approximate surface area is 136 Å². The van der Waals surface area contributed by atoms with E-state index in [1.807, 2.05) is 0 Å². The zero-order chi connectivity index (χ0) is 18.3. The highest BCUT2D eigenvalue weighted by Gasteiger charge is 2.39. The molecule has 2 N–H and O–H groups in total. The van der Waals surface area contributed by atoms with Crippen LogP contribution in [0.15, 0.2) is 23.1 Å². The molecular formula is C14H16F3NO5S. The van der Waals surface area contributed by atoms with Crippen LogP contribution in [0, 0.1) is 11.8 Å². The monoisotopic (exact) mass is 367 g/mol. The minimum absolute atomic E-state index is 0.0260. The molecule has 24 heavy (non-hydrogen) atoms. The van der Waals surface area contributed by atoms with Crippen molar-refractivity contribution >= 4 is 16.0 Å². The first-order valence-corrected chi connectivity index (χ1v) is 8.50. The first kappa shape index (κ1) is 18.5. The number of phenols is 1. The lowest BCUT2D eigenvalue weighted by Gasteiger charge is -2.33. The molecule has 1 aliphatic rings. The first-order valence-electron chi connectivity index (χ1n) is 7.06. The van der Waals surface area contributed by atoms with Gasteiger partial charge in [-0.3, -0.25) is 4.79 Å². The second kappa shape index (κ2) is 6.25. The van der Waals surface area contributed by atoms with Gasteiger partial charge < -0.3 is 10.2 Å². The number of halogens is 3. The number of hydrogen-bond acceptors (Lipinski definition) is 4. The molecule has 134 valence electrons. The van der Waals surface area contributed by atoms with Gasteiger partial charge in [-0.15, -0.1) is 0 Å². The number of aliphatic carboxylic acids is 1. The maximum Gasteiger partial charge on any atom is 0.416 e. The maximum atomic E-state index is 12.8. The van der Waals surface area contributed by atoms with Crippen molar-refractivity contribution < 1.29 is 36.6 Å². The molecule has 2 unspecified atom stereocenters. The Hall–Kier alpha value is -1.81. The van der Waals surface area contributed by atoms with Crippen LogP contribution in [-0.2, 0) is 21.0 Å². The fourth-order valence-electron chi connectivity index (χ4n) is 2.71. The van der Waals surface area contributed by atoms with Crippen molar-refractivity contribution in [1.82, 2.24) is 4.31 Å². The fourth-order valence-corrected chi connectivity index (χ4v) is 4.43. The Balaban J connectivity index is 2.45. The Kier molecular flexibility index (Phi) is 4.82. The molecule has 0 spiro atoms. The zero-order valence-electron chi connectivity index (χ0n) is 12.6. The molecule has 0 bridgehead atoms. The number of alkyl halides is 3. The third-order valence-corrected chi connectivity index (χ3v) is 5.74. The van der Waals surface area contributed by atoms with Crippen molar-refractivity contribution in [1.29, 1.82) is 0 Å². The van der Waals surface area contributed by atoms with Crippen molar-refractivity contribution in [2.75, 3.05) is 13.1 Å². The van der Waals surface area contributed by atoms with E-state index in [1.165, 1.54) is 0 Å². The number of piperidine rings is 1. The van der Waals surface area contributed by atoms with Gasteiger partial charge in [0.1, 0.15) is 10.6 Å². The summed E-state index contributed by atoms with van der Waals surface area (Å²) >= 11 is 0. The molecule has 1 aromatic carbocycles. The summed E-state index contributed by atoms with van der Waals surface area (Å²) in [6, 6.07) is 1.60. The van der Waals surface area contributed by atoms with E-state index in [0.29, 0.717) is 18.2 Å². The molecule has 0 aliphatic carbocycles. The Morgan fingerprint density at radius 3 is 2.46 bits per heavy atom. The average molecular weight is 367 g/mol. The second-order valence-electron chi connectivity index (χ2n) is 5.88. The number of hydrogen-bond donors (Lipinski definition) is 2. The zero-order valence-corrected chi connectivity index (χ0v) is 13.4. The molecule has 0 aromatic heterocycles. The van der Waals surface area contributed by atoms with Crippen LogP contribution in [-0.4, -0.2) is 42.0 Å². The Morgan fingerprint density at radius 2 is 1.92 bits per heavy atom. The largest absolute Gasteiger partial charge is 0.507 e. The highest BCUT2D eigenvalue weighted by molar-refractivity contribution is 7.89. The summed E-state index contributed by atoms with van der Waals surface area (Å²) in [6.07, 6.45) is -4.49. The molecule has 0 radical (unpaired) electrons. The minimum Gasteiger partial charge on any atom is -0.507 e. The molecule has 0 amide bonds. The van der Waals surface area contributed by atoms with Crippen molar-refractivity contribution in [2.24, 2.45) is 11.8 Å². The van der Waals surface area contributed by atoms with Gasteiger partial charge in [0.2, 0.25) is 10.0 Å². The lowest BCUT2D eigenvalue weighted by Crippen LogP contribution is -2.45. The number of carboxylic acids is 1. The van der Waals surface area contributed by atoms with Gasteiger partial charge in [0, 0.05) is 13.1 Å². The van der Waals surface area contributed by atoms with Crippen molar-refractivity contribution in [3.8, 4) is 5.75 Å². The highest BCUT2D eigenvalue weighted by atomic mass is 32.2. The third kappa shape index (κ3) is 3.64. The molecule has 2 rings (SSSR count). The van der Waals surface area contributed by atoms with E-state index in [0.717, 1.165) is 4.31 Å². The lowest BCUT2D eigenvalue weighted by atomic mass is 9.92. The standard InChI is InChI=1S/C14H16F3NO5S/c1-8-4-9(13(20)21)7-18(6-8)24(22,23)12-5-10(14(15,16)17)2-3-11(12)19/h2-3,5,8-9,19H,4,6-7H2,1H3,(H,20,21). The molecule has 1 heterocycles. The molecule has 1 saturated heterocycles. The van der Waals surface area contributed by atoms with Crippen LogP contribution in [0.1, 0.15) is 18.9 Å². The van der Waals surface area contributed by atoms with Crippen LogP contribution in [0.5, 0.6) is 5.75 Å². The molecule has 10 heteroatoms. The van der Waals surface area contributed by atoms with Gasteiger partial charge in [-0.25, -0.2) is 8.42 Å². The van der Waals surface area contributed by atoms with Crippen molar-refractivity contribution in [2.45, 2.75) is 24.4 Å². The quantitative estimate of drug-likeness (QED) is 0.854. The molecule has 1 aromatic rings. The van der Waals surface area contributed by atoms with Gasteiger partial charge in [-0.2, -0.15) is 17.5 Å². The Morgan fingerprint density at radius 1 is 1.29 bits per heavy atom. The van der Waals surface area contributed by atoms with Gasteiger partial charge in [-0.1, -0.05) is 6.92 Å². The first-order chi connectivity index (χ1) is 10.9. The van der Waals surface area contributed by atoms with Gasteiger partial charge in [0.25, 0.3) is 0 Å². The lowest BCUT2D eigenvalue weighted by molar-refractivity contribution is -0.143. The Bertz CT molecular complexity index is 747. The van der Waals surface area contributed by atoms with Crippen LogP contribution in [0.2, 0.25) is 0 Å². The summed E-state index contributed by atoms with van der Waals surface area (Å²) in [7, 11) is -4.45. The third-order valence-electron chi connectivity index (χ3n) is 3.88. The minimum atomic E-state index is -4.77.